The van der Waals surface area contributed by atoms with E-state index in [1.165, 1.54) is 12.7 Å². The summed E-state index contributed by atoms with van der Waals surface area (Å²) >= 11 is 0. The Bertz CT molecular complexity index is 658. The molecular formula is C21H32N2O5. The van der Waals surface area contributed by atoms with Crippen molar-refractivity contribution in [3.05, 3.63) is 23.8 Å². The van der Waals surface area contributed by atoms with Gasteiger partial charge in [0.2, 0.25) is 5.91 Å². The minimum Gasteiger partial charge on any atom is -0.497 e. The summed E-state index contributed by atoms with van der Waals surface area (Å²) in [5, 5.41) is 2.89. The lowest BCUT2D eigenvalue weighted by atomic mass is 9.88. The second-order valence-corrected chi connectivity index (χ2v) is 7.65. The molecule has 1 aromatic carbocycles. The van der Waals surface area contributed by atoms with Crippen LogP contribution >= 0.6 is 0 Å². The average molecular weight is 392 g/mol. The van der Waals surface area contributed by atoms with Crippen molar-refractivity contribution in [2.24, 2.45) is 0 Å². The summed E-state index contributed by atoms with van der Waals surface area (Å²) in [4.78, 5) is 14.0. The van der Waals surface area contributed by atoms with E-state index in [1.807, 2.05) is 12.1 Å². The number of nitrogens with one attached hydrogen (secondary N) is 1. The average Bonchev–Trinajstić information content (AvgIpc) is 3.11. The number of hydrogen-bond acceptors (Lipinski definition) is 6. The molecule has 2 fully saturated rings. The Hall–Kier alpha value is -1.83. The van der Waals surface area contributed by atoms with Crippen molar-refractivity contribution in [3.8, 4) is 11.5 Å². The molecule has 1 amide bonds. The number of ether oxygens (including phenoxy) is 4. The number of hydrogen-bond donors (Lipinski definition) is 1. The Morgan fingerprint density at radius 3 is 2.68 bits per heavy atom. The van der Waals surface area contributed by atoms with Crippen LogP contribution in [0.1, 0.15) is 31.2 Å². The second-order valence-electron chi connectivity index (χ2n) is 7.65. The lowest BCUT2D eigenvalue weighted by Crippen LogP contribution is -2.45. The van der Waals surface area contributed by atoms with Gasteiger partial charge in [-0.15, -0.1) is 0 Å². The van der Waals surface area contributed by atoms with Crippen LogP contribution in [0.25, 0.3) is 0 Å². The molecule has 0 bridgehead atoms. The minimum absolute atomic E-state index is 0.0306. The first-order valence-corrected chi connectivity index (χ1v) is 9.94. The molecule has 0 unspecified atom stereocenters. The molecule has 1 atom stereocenters. The van der Waals surface area contributed by atoms with E-state index in [2.05, 4.69) is 16.3 Å². The normalized spacial score (nSPS) is 21.6. The first-order valence-electron chi connectivity index (χ1n) is 9.94. The van der Waals surface area contributed by atoms with E-state index in [-0.39, 0.29) is 24.2 Å². The largest absolute Gasteiger partial charge is 0.497 e. The molecule has 2 aliphatic rings. The van der Waals surface area contributed by atoms with E-state index in [1.54, 1.807) is 14.2 Å². The summed E-state index contributed by atoms with van der Waals surface area (Å²) in [6.07, 6.45) is 4.22. The van der Waals surface area contributed by atoms with Gasteiger partial charge in [-0.05, 0) is 31.7 Å². The van der Waals surface area contributed by atoms with E-state index in [4.69, 9.17) is 18.9 Å². The summed E-state index contributed by atoms with van der Waals surface area (Å²) in [5.74, 6) is 1.58. The molecule has 0 saturated carbocycles. The van der Waals surface area contributed by atoms with Crippen molar-refractivity contribution < 1.29 is 23.7 Å². The third-order valence-electron chi connectivity index (χ3n) is 5.80. The zero-order valence-corrected chi connectivity index (χ0v) is 17.2. The summed E-state index contributed by atoms with van der Waals surface area (Å²) in [6.45, 7) is 3.52. The molecule has 28 heavy (non-hydrogen) atoms. The predicted molar refractivity (Wildman–Crippen MR) is 106 cm³/mol. The first kappa shape index (κ1) is 20.9. The highest BCUT2D eigenvalue weighted by molar-refractivity contribution is 5.77. The van der Waals surface area contributed by atoms with E-state index in [9.17, 15) is 4.79 Å². The number of piperidine rings is 1. The molecule has 7 nitrogen and oxygen atoms in total. The number of benzene rings is 1. The van der Waals surface area contributed by atoms with Gasteiger partial charge in [-0.3, -0.25) is 9.69 Å². The fourth-order valence-corrected chi connectivity index (χ4v) is 4.16. The number of carbonyl (C=O) groups excluding carboxylic acids is 1. The fourth-order valence-electron chi connectivity index (χ4n) is 4.16. The van der Waals surface area contributed by atoms with Crippen molar-refractivity contribution in [1.29, 1.82) is 0 Å². The van der Waals surface area contributed by atoms with Crippen LogP contribution in [0.4, 0.5) is 0 Å². The zero-order chi connectivity index (χ0) is 20.0. The lowest BCUT2D eigenvalue weighted by molar-refractivity contribution is -0.126. The van der Waals surface area contributed by atoms with Crippen molar-refractivity contribution in [1.82, 2.24) is 10.2 Å². The van der Waals surface area contributed by atoms with Crippen molar-refractivity contribution >= 4 is 5.91 Å². The van der Waals surface area contributed by atoms with Crippen LogP contribution in [0, 0.1) is 0 Å². The summed E-state index contributed by atoms with van der Waals surface area (Å²) in [5.41, 5.74) is 1.14. The van der Waals surface area contributed by atoms with Gasteiger partial charge in [-0.2, -0.15) is 0 Å². The van der Waals surface area contributed by atoms with Crippen LogP contribution in [0.3, 0.4) is 0 Å². The van der Waals surface area contributed by atoms with Crippen molar-refractivity contribution in [3.63, 3.8) is 0 Å². The summed E-state index contributed by atoms with van der Waals surface area (Å²) in [7, 11) is 4.88. The molecule has 2 saturated heterocycles. The molecule has 2 heterocycles. The smallest absolute Gasteiger partial charge is 0.246 e. The first-order chi connectivity index (χ1) is 13.6. The van der Waals surface area contributed by atoms with Gasteiger partial charge in [0.05, 0.1) is 25.9 Å². The molecular weight excluding hydrogens is 360 g/mol. The summed E-state index contributed by atoms with van der Waals surface area (Å²) < 4.78 is 22.0. The molecule has 1 N–H and O–H groups in total. The van der Waals surface area contributed by atoms with E-state index in [0.29, 0.717) is 6.54 Å². The van der Waals surface area contributed by atoms with Gasteiger partial charge in [-0.1, -0.05) is 6.07 Å². The highest BCUT2D eigenvalue weighted by Gasteiger charge is 2.42. The van der Waals surface area contributed by atoms with Gasteiger partial charge in [0.15, 0.2) is 0 Å². The minimum atomic E-state index is -0.0877. The van der Waals surface area contributed by atoms with E-state index >= 15 is 0 Å². The number of likely N-dealkylation sites (tertiary alicyclic amines) is 1. The monoisotopic (exact) mass is 392 g/mol. The quantitative estimate of drug-likeness (QED) is 0.730. The number of methoxy groups -OCH3 is 3. The number of amides is 1. The van der Waals surface area contributed by atoms with E-state index in [0.717, 1.165) is 56.8 Å². The van der Waals surface area contributed by atoms with E-state index < -0.39 is 0 Å². The fraction of sp³-hybridized carbons (Fsp3) is 0.667. The van der Waals surface area contributed by atoms with Crippen molar-refractivity contribution in [2.75, 3.05) is 47.6 Å². The third-order valence-corrected chi connectivity index (χ3v) is 5.80. The Balaban J connectivity index is 1.48. The highest BCUT2D eigenvalue weighted by Crippen LogP contribution is 2.39. The van der Waals surface area contributed by atoms with Gasteiger partial charge >= 0.3 is 0 Å². The SMILES string of the molecule is COCC(=O)NC[C@@H]1CCC2(CCN(Cc3ccc(OC)cc3OC)CC2)O1. The molecule has 0 aliphatic carbocycles. The second kappa shape index (κ2) is 9.58. The molecule has 3 rings (SSSR count). The molecule has 0 aromatic heterocycles. The van der Waals surface area contributed by atoms with Gasteiger partial charge in [0.1, 0.15) is 18.1 Å². The predicted octanol–water partition coefficient (Wildman–Crippen LogP) is 1.98. The van der Waals surface area contributed by atoms with Gasteiger partial charge in [-0.25, -0.2) is 0 Å². The maximum absolute atomic E-state index is 11.6. The standard InChI is InChI=1S/C21H32N2O5/c1-25-15-20(24)22-13-18-6-7-21(28-18)8-10-23(11-9-21)14-16-4-5-17(26-2)12-19(16)27-3/h4-5,12,18H,6-11,13-15H2,1-3H3,(H,22,24)/t18-/m0/s1. The zero-order valence-electron chi connectivity index (χ0n) is 17.2. The summed E-state index contributed by atoms with van der Waals surface area (Å²) in [6, 6.07) is 5.99. The maximum Gasteiger partial charge on any atom is 0.246 e. The molecule has 156 valence electrons. The Kier molecular flexibility index (Phi) is 7.15. The lowest BCUT2D eigenvalue weighted by Gasteiger charge is -2.39. The number of nitrogens with zero attached hydrogens (tertiary/aromatic N) is 1. The van der Waals surface area contributed by atoms with Crippen LogP contribution in [0.2, 0.25) is 0 Å². The van der Waals surface area contributed by atoms with Gasteiger partial charge in [0.25, 0.3) is 0 Å². The van der Waals surface area contributed by atoms with Crippen molar-refractivity contribution in [2.45, 2.75) is 43.9 Å². The molecule has 1 spiro atoms. The van der Waals surface area contributed by atoms with Crippen LogP contribution in [-0.2, 0) is 20.8 Å². The maximum atomic E-state index is 11.6. The highest BCUT2D eigenvalue weighted by atomic mass is 16.5. The van der Waals surface area contributed by atoms with Crippen LogP contribution in [-0.4, -0.2) is 70.1 Å². The Morgan fingerprint density at radius 1 is 1.21 bits per heavy atom. The van der Waals surface area contributed by atoms with Gasteiger partial charge in [0, 0.05) is 44.9 Å². The molecule has 1 aromatic rings. The molecule has 2 aliphatic heterocycles. The Labute approximate surface area is 167 Å². The molecule has 7 heteroatoms. The number of rotatable bonds is 8. The van der Waals surface area contributed by atoms with Crippen LogP contribution in [0.15, 0.2) is 18.2 Å². The third kappa shape index (κ3) is 5.16. The molecule has 0 radical (unpaired) electrons. The number of carbonyl (C=O) groups is 1. The topological polar surface area (TPSA) is 69.3 Å². The van der Waals surface area contributed by atoms with Crippen LogP contribution < -0.4 is 14.8 Å². The Morgan fingerprint density at radius 2 is 2.00 bits per heavy atom. The van der Waals surface area contributed by atoms with Gasteiger partial charge < -0.3 is 24.3 Å². The van der Waals surface area contributed by atoms with Crippen LogP contribution in [0.5, 0.6) is 11.5 Å².